The van der Waals surface area contributed by atoms with Gasteiger partial charge in [-0.3, -0.25) is 0 Å². The summed E-state index contributed by atoms with van der Waals surface area (Å²) >= 11 is 0. The van der Waals surface area contributed by atoms with Crippen LogP contribution in [0.25, 0.3) is 56.2 Å². The van der Waals surface area contributed by atoms with Gasteiger partial charge in [-0.2, -0.15) is 4.57 Å². The van der Waals surface area contributed by atoms with Crippen molar-refractivity contribution in [3.05, 3.63) is 161 Å². The Morgan fingerprint density at radius 3 is 2.20 bits per heavy atom. The van der Waals surface area contributed by atoms with E-state index in [9.17, 15) is 0 Å². The number of aryl methyl sites for hydroxylation is 3. The van der Waals surface area contributed by atoms with Gasteiger partial charge in [0, 0.05) is 29.7 Å². The van der Waals surface area contributed by atoms with Crippen molar-refractivity contribution in [2.45, 2.75) is 40.5 Å². The zero-order chi connectivity index (χ0) is 31.8. The second kappa shape index (κ2) is 12.4. The molecular weight excluding hydrogens is 555 g/mol. The van der Waals surface area contributed by atoms with Crippen LogP contribution in [0.15, 0.2) is 134 Å². The van der Waals surface area contributed by atoms with Crippen molar-refractivity contribution in [2.75, 3.05) is 0 Å². The predicted octanol–water partition coefficient (Wildman–Crippen LogP) is 11.6. The van der Waals surface area contributed by atoms with Crippen LogP contribution in [0, 0.1) is 32.6 Å². The molecule has 1 heterocycles. The summed E-state index contributed by atoms with van der Waals surface area (Å²) in [5.41, 5.74) is 11.3. The molecule has 1 nitrogen and oxygen atoms in total. The molecule has 0 fully saturated rings. The highest BCUT2D eigenvalue weighted by molar-refractivity contribution is 6.08. The van der Waals surface area contributed by atoms with Crippen molar-refractivity contribution in [3.8, 4) is 22.4 Å². The fourth-order valence-corrected chi connectivity index (χ4v) is 7.03. The van der Waals surface area contributed by atoms with Gasteiger partial charge in [0.25, 0.3) is 0 Å². The Morgan fingerprint density at radius 1 is 0.630 bits per heavy atom. The number of hydrogen-bond acceptors (Lipinski definition) is 0. The smallest absolute Gasteiger partial charge is 0.167 e. The Balaban J connectivity index is 1.43. The molecule has 1 aliphatic rings. The van der Waals surface area contributed by atoms with Crippen LogP contribution in [-0.4, -0.2) is 0 Å². The Labute approximate surface area is 273 Å². The van der Waals surface area contributed by atoms with E-state index < -0.39 is 0 Å². The van der Waals surface area contributed by atoms with Crippen molar-refractivity contribution in [1.82, 2.24) is 0 Å². The molecule has 0 saturated heterocycles. The molecule has 0 amide bonds. The second-order valence-corrected chi connectivity index (χ2v) is 13.2. The van der Waals surface area contributed by atoms with Crippen molar-refractivity contribution >= 4 is 33.8 Å². The molecule has 46 heavy (non-hydrogen) atoms. The summed E-state index contributed by atoms with van der Waals surface area (Å²) in [5, 5.41) is 5.19. The second-order valence-electron chi connectivity index (χ2n) is 13.2. The Hall–Kier alpha value is -5.01. The lowest BCUT2D eigenvalue weighted by Crippen LogP contribution is -2.28. The zero-order valence-corrected chi connectivity index (χ0v) is 27.5. The molecule has 1 aliphatic carbocycles. The molecule has 1 aromatic heterocycles. The lowest BCUT2D eigenvalue weighted by Gasteiger charge is -2.26. The van der Waals surface area contributed by atoms with E-state index in [4.69, 9.17) is 0 Å². The average Bonchev–Trinajstić information content (AvgIpc) is 3.24. The number of hydrogen-bond donors (Lipinski definition) is 0. The summed E-state index contributed by atoms with van der Waals surface area (Å²) in [4.78, 5) is 0. The summed E-state index contributed by atoms with van der Waals surface area (Å²) in [6.07, 6.45) is 16.0. The minimum Gasteiger partial charge on any atom is -0.167 e. The number of pyridine rings is 1. The molecule has 226 valence electrons. The third-order valence-corrected chi connectivity index (χ3v) is 9.97. The van der Waals surface area contributed by atoms with Crippen molar-refractivity contribution in [2.24, 2.45) is 11.8 Å². The number of nitrogens with zero attached hydrogens (tertiary/aromatic N) is 1. The van der Waals surface area contributed by atoms with Gasteiger partial charge >= 0.3 is 0 Å². The third kappa shape index (κ3) is 5.74. The third-order valence-electron chi connectivity index (χ3n) is 9.97. The van der Waals surface area contributed by atoms with Crippen molar-refractivity contribution < 1.29 is 4.57 Å². The fraction of sp³-hybridized carbons (Fsp3) is 0.178. The maximum atomic E-state index is 2.45. The maximum Gasteiger partial charge on any atom is 0.218 e. The molecular formula is C45H42N+. The van der Waals surface area contributed by atoms with Gasteiger partial charge in [0.05, 0.1) is 0 Å². The van der Waals surface area contributed by atoms with Crippen LogP contribution in [0.4, 0.5) is 0 Å². The number of benzene rings is 5. The van der Waals surface area contributed by atoms with Gasteiger partial charge < -0.3 is 0 Å². The topological polar surface area (TPSA) is 3.88 Å². The normalized spacial score (nSPS) is 18.1. The highest BCUT2D eigenvalue weighted by atomic mass is 14.9. The molecule has 0 aliphatic heterocycles. The van der Waals surface area contributed by atoms with Gasteiger partial charge in [-0.05, 0) is 100 Å². The first-order chi connectivity index (χ1) is 22.4. The number of aromatic nitrogens is 1. The van der Waals surface area contributed by atoms with Crippen LogP contribution in [0.5, 0.6) is 0 Å². The van der Waals surface area contributed by atoms with E-state index in [0.717, 1.165) is 0 Å². The minimum absolute atomic E-state index is 0.312. The monoisotopic (exact) mass is 596 g/mol. The lowest BCUT2D eigenvalue weighted by atomic mass is 9.78. The summed E-state index contributed by atoms with van der Waals surface area (Å²) in [5.74, 6) is 1.28. The summed E-state index contributed by atoms with van der Waals surface area (Å²) in [6, 6.07) is 38.3. The van der Waals surface area contributed by atoms with Crippen molar-refractivity contribution in [3.63, 3.8) is 0 Å². The Bertz CT molecular complexity index is 2160. The van der Waals surface area contributed by atoms with Crippen LogP contribution in [0.1, 0.15) is 47.6 Å². The Kier molecular flexibility index (Phi) is 8.01. The number of rotatable bonds is 5. The van der Waals surface area contributed by atoms with Gasteiger partial charge in [0.2, 0.25) is 5.69 Å². The standard InChI is InChI=1S/C45H42N/c1-30-16-20-41-37(25-30)18-19-38-27-43(40-14-10-9-11-32(3)34(40)5)39(28-44(38)41)22-24-46-23-21-36(35-12-7-6-8-13-35)29-45(46)42-26-31(2)15-17-33(42)4/h6-29,32,34,40H,1-5H3/q+1/b24-22-. The molecule has 0 N–H and O–H groups in total. The van der Waals surface area contributed by atoms with Gasteiger partial charge in [-0.1, -0.05) is 122 Å². The van der Waals surface area contributed by atoms with E-state index in [1.54, 1.807) is 0 Å². The maximum absolute atomic E-state index is 2.45. The molecule has 3 unspecified atom stereocenters. The lowest BCUT2D eigenvalue weighted by molar-refractivity contribution is -0.555. The molecule has 0 saturated carbocycles. The predicted molar refractivity (Wildman–Crippen MR) is 198 cm³/mol. The highest BCUT2D eigenvalue weighted by Crippen LogP contribution is 2.39. The van der Waals surface area contributed by atoms with Crippen molar-refractivity contribution in [1.29, 1.82) is 0 Å². The van der Waals surface area contributed by atoms with Crippen LogP contribution in [0.2, 0.25) is 0 Å². The summed E-state index contributed by atoms with van der Waals surface area (Å²) in [6.45, 7) is 11.3. The molecule has 0 spiro atoms. The molecule has 0 bridgehead atoms. The van der Waals surface area contributed by atoms with Gasteiger partial charge in [-0.25, -0.2) is 0 Å². The first kappa shape index (κ1) is 29.7. The molecule has 6 aromatic rings. The van der Waals surface area contributed by atoms with Gasteiger partial charge in [0.15, 0.2) is 12.4 Å². The molecule has 5 aromatic carbocycles. The fourth-order valence-electron chi connectivity index (χ4n) is 7.03. The number of fused-ring (bicyclic) bond motifs is 3. The average molecular weight is 597 g/mol. The van der Waals surface area contributed by atoms with E-state index in [2.05, 4.69) is 185 Å². The molecule has 7 rings (SSSR count). The first-order valence-corrected chi connectivity index (χ1v) is 16.5. The van der Waals surface area contributed by atoms with Gasteiger partial charge in [-0.15, -0.1) is 0 Å². The van der Waals surface area contributed by atoms with Crippen LogP contribution < -0.4 is 4.57 Å². The summed E-state index contributed by atoms with van der Waals surface area (Å²) in [7, 11) is 0. The van der Waals surface area contributed by atoms with Gasteiger partial charge in [0.1, 0.15) is 0 Å². The van der Waals surface area contributed by atoms with E-state index in [1.807, 2.05) is 0 Å². The van der Waals surface area contributed by atoms with Crippen LogP contribution in [0.3, 0.4) is 0 Å². The largest absolute Gasteiger partial charge is 0.218 e. The molecule has 0 radical (unpaired) electrons. The number of allylic oxidation sites excluding steroid dienone is 4. The SMILES string of the molecule is Cc1ccc(C)c(-c2cc(-c3ccccc3)cc[n+]2/C=C\c2cc3c(ccc4cc(C)ccc43)cc2C2C=CC=CC(C)C2C)c1. The Morgan fingerprint density at radius 2 is 1.37 bits per heavy atom. The molecule has 1 heteroatoms. The first-order valence-electron chi connectivity index (χ1n) is 16.5. The zero-order valence-electron chi connectivity index (χ0n) is 27.5. The summed E-state index contributed by atoms with van der Waals surface area (Å²) < 4.78 is 2.30. The van der Waals surface area contributed by atoms with E-state index in [1.165, 1.54) is 71.7 Å². The molecule has 3 atom stereocenters. The van der Waals surface area contributed by atoms with Crippen LogP contribution >= 0.6 is 0 Å². The van der Waals surface area contributed by atoms with E-state index >= 15 is 0 Å². The highest BCUT2D eigenvalue weighted by Gasteiger charge is 2.25. The van der Waals surface area contributed by atoms with E-state index in [-0.39, 0.29) is 0 Å². The van der Waals surface area contributed by atoms with E-state index in [0.29, 0.717) is 17.8 Å². The quantitative estimate of drug-likeness (QED) is 0.138. The minimum atomic E-state index is 0.312. The van der Waals surface area contributed by atoms with Crippen LogP contribution in [-0.2, 0) is 0 Å².